The van der Waals surface area contributed by atoms with Crippen molar-refractivity contribution in [2.75, 3.05) is 0 Å². The molecule has 13 heavy (non-hydrogen) atoms. The maximum atomic E-state index is 10.7. The Labute approximate surface area is 81.0 Å². The lowest BCUT2D eigenvalue weighted by molar-refractivity contribution is 0.475. The highest BCUT2D eigenvalue weighted by atomic mass is 35.5. The summed E-state index contributed by atoms with van der Waals surface area (Å²) in [6, 6.07) is 4.05. The van der Waals surface area contributed by atoms with E-state index >= 15 is 0 Å². The second-order valence-electron chi connectivity index (χ2n) is 2.62. The van der Waals surface area contributed by atoms with E-state index in [9.17, 15) is 8.42 Å². The van der Waals surface area contributed by atoms with Gasteiger partial charge in [-0.2, -0.15) is 0 Å². The average molecular weight is 222 g/mol. The van der Waals surface area contributed by atoms with Crippen LogP contribution in [0.25, 0.3) is 0 Å². The van der Waals surface area contributed by atoms with Crippen LogP contribution < -0.4 is 5.14 Å². The Hall–Kier alpha value is -0.780. The van der Waals surface area contributed by atoms with Crippen molar-refractivity contribution in [2.24, 2.45) is 5.14 Å². The number of phenolic OH excluding ortho intramolecular Hbond substituents is 1. The molecular formula is C7H8ClNO3S. The van der Waals surface area contributed by atoms with E-state index in [1.807, 2.05) is 0 Å². The Morgan fingerprint density at radius 3 is 2.46 bits per heavy atom. The monoisotopic (exact) mass is 221 g/mol. The van der Waals surface area contributed by atoms with Crippen LogP contribution in [0.1, 0.15) is 5.56 Å². The van der Waals surface area contributed by atoms with E-state index in [1.165, 1.54) is 18.2 Å². The number of sulfonamides is 1. The number of halogens is 1. The van der Waals surface area contributed by atoms with E-state index in [-0.39, 0.29) is 16.5 Å². The maximum absolute atomic E-state index is 10.7. The molecule has 0 radical (unpaired) electrons. The standard InChI is InChI=1S/C7H8ClNO3S/c8-6-1-5(2-7(10)3-6)4-13(9,11)12/h1-3,10H,4H2,(H2,9,11,12). The van der Waals surface area contributed by atoms with Gasteiger partial charge in [-0.25, -0.2) is 13.6 Å². The summed E-state index contributed by atoms with van der Waals surface area (Å²) in [5, 5.41) is 14.2. The SMILES string of the molecule is NS(=O)(=O)Cc1cc(O)cc(Cl)c1. The van der Waals surface area contributed by atoms with Gasteiger partial charge in [0.15, 0.2) is 0 Å². The predicted molar refractivity (Wildman–Crippen MR) is 49.9 cm³/mol. The summed E-state index contributed by atoms with van der Waals surface area (Å²) in [5.74, 6) is -0.410. The van der Waals surface area contributed by atoms with E-state index in [4.69, 9.17) is 21.8 Å². The quantitative estimate of drug-likeness (QED) is 0.777. The lowest BCUT2D eigenvalue weighted by atomic mass is 10.2. The average Bonchev–Trinajstić information content (AvgIpc) is 1.78. The molecule has 0 heterocycles. The first-order valence-electron chi connectivity index (χ1n) is 3.36. The van der Waals surface area contributed by atoms with Gasteiger partial charge in [0.2, 0.25) is 10.0 Å². The normalized spacial score (nSPS) is 11.5. The number of hydrogen-bond acceptors (Lipinski definition) is 3. The van der Waals surface area contributed by atoms with Crippen molar-refractivity contribution in [2.45, 2.75) is 5.75 Å². The molecule has 0 unspecified atom stereocenters. The van der Waals surface area contributed by atoms with Gasteiger partial charge in [0, 0.05) is 5.02 Å². The van der Waals surface area contributed by atoms with Gasteiger partial charge in [0.05, 0.1) is 5.75 Å². The highest BCUT2D eigenvalue weighted by Crippen LogP contribution is 2.20. The fourth-order valence-corrected chi connectivity index (χ4v) is 1.83. The summed E-state index contributed by atoms with van der Waals surface area (Å²) >= 11 is 5.58. The smallest absolute Gasteiger partial charge is 0.213 e. The highest BCUT2D eigenvalue weighted by molar-refractivity contribution is 7.88. The first-order chi connectivity index (χ1) is 5.87. The van der Waals surface area contributed by atoms with Crippen molar-refractivity contribution in [3.63, 3.8) is 0 Å². The van der Waals surface area contributed by atoms with Gasteiger partial charge < -0.3 is 5.11 Å². The van der Waals surface area contributed by atoms with Crippen molar-refractivity contribution >= 4 is 21.6 Å². The Morgan fingerprint density at radius 1 is 1.38 bits per heavy atom. The molecule has 0 fully saturated rings. The molecule has 0 saturated heterocycles. The van der Waals surface area contributed by atoms with Crippen LogP contribution in [0.4, 0.5) is 0 Å². The molecule has 1 rings (SSSR count). The summed E-state index contributed by atoms with van der Waals surface area (Å²) in [7, 11) is -3.58. The van der Waals surface area contributed by atoms with Crippen molar-refractivity contribution in [3.8, 4) is 5.75 Å². The van der Waals surface area contributed by atoms with E-state index in [0.29, 0.717) is 5.56 Å². The molecule has 0 amide bonds. The molecule has 0 spiro atoms. The first kappa shape index (κ1) is 10.3. The third-order valence-electron chi connectivity index (χ3n) is 1.31. The van der Waals surface area contributed by atoms with Gasteiger partial charge in [0.1, 0.15) is 5.75 Å². The van der Waals surface area contributed by atoms with Gasteiger partial charge in [-0.1, -0.05) is 11.6 Å². The third kappa shape index (κ3) is 3.63. The molecule has 3 N–H and O–H groups in total. The Kier molecular flexibility index (Phi) is 2.80. The molecule has 72 valence electrons. The fraction of sp³-hybridized carbons (Fsp3) is 0.143. The van der Waals surface area contributed by atoms with E-state index in [0.717, 1.165) is 0 Å². The number of aromatic hydroxyl groups is 1. The van der Waals surface area contributed by atoms with E-state index in [1.54, 1.807) is 0 Å². The second kappa shape index (κ2) is 3.53. The number of benzene rings is 1. The zero-order valence-electron chi connectivity index (χ0n) is 6.57. The lowest BCUT2D eigenvalue weighted by Crippen LogP contribution is -2.14. The minimum atomic E-state index is -3.58. The summed E-state index contributed by atoms with van der Waals surface area (Å²) in [6.45, 7) is 0. The highest BCUT2D eigenvalue weighted by Gasteiger charge is 2.06. The van der Waals surface area contributed by atoms with Crippen LogP contribution >= 0.6 is 11.6 Å². The summed E-state index contributed by atoms with van der Waals surface area (Å²) in [5.41, 5.74) is 0.368. The molecule has 0 aromatic heterocycles. The number of nitrogens with two attached hydrogens (primary N) is 1. The lowest BCUT2D eigenvalue weighted by Gasteiger charge is -2.00. The van der Waals surface area contributed by atoms with Crippen LogP contribution in [0.3, 0.4) is 0 Å². The third-order valence-corrected chi connectivity index (χ3v) is 2.26. The van der Waals surface area contributed by atoms with E-state index in [2.05, 4.69) is 0 Å². The second-order valence-corrected chi connectivity index (χ2v) is 4.68. The van der Waals surface area contributed by atoms with Crippen molar-refractivity contribution in [1.82, 2.24) is 0 Å². The van der Waals surface area contributed by atoms with Crippen molar-refractivity contribution in [1.29, 1.82) is 0 Å². The molecule has 0 aliphatic carbocycles. The number of phenols is 1. The molecule has 0 aliphatic rings. The molecule has 0 bridgehead atoms. The predicted octanol–water partition coefficient (Wildman–Crippen LogP) is 0.834. The molecule has 0 saturated carbocycles. The summed E-state index contributed by atoms with van der Waals surface area (Å²) in [6.07, 6.45) is 0. The van der Waals surface area contributed by atoms with Gasteiger partial charge in [-0.05, 0) is 23.8 Å². The number of hydrogen-bond donors (Lipinski definition) is 2. The molecule has 0 atom stereocenters. The largest absolute Gasteiger partial charge is 0.508 e. The van der Waals surface area contributed by atoms with Gasteiger partial charge in [-0.15, -0.1) is 0 Å². The Bertz CT molecular complexity index is 395. The van der Waals surface area contributed by atoms with Crippen molar-refractivity contribution < 1.29 is 13.5 Å². The summed E-state index contributed by atoms with van der Waals surface area (Å²) < 4.78 is 21.4. The zero-order valence-corrected chi connectivity index (χ0v) is 8.14. The number of primary sulfonamides is 1. The van der Waals surface area contributed by atoms with E-state index < -0.39 is 10.0 Å². The molecule has 1 aromatic rings. The number of rotatable bonds is 2. The van der Waals surface area contributed by atoms with Crippen LogP contribution in [0.15, 0.2) is 18.2 Å². The Balaban J connectivity index is 3.03. The Morgan fingerprint density at radius 2 is 2.00 bits per heavy atom. The fourth-order valence-electron chi connectivity index (χ4n) is 0.949. The molecule has 1 aromatic carbocycles. The van der Waals surface area contributed by atoms with Gasteiger partial charge in [-0.3, -0.25) is 0 Å². The van der Waals surface area contributed by atoms with Gasteiger partial charge in [0.25, 0.3) is 0 Å². The van der Waals surface area contributed by atoms with Crippen molar-refractivity contribution in [3.05, 3.63) is 28.8 Å². The topological polar surface area (TPSA) is 80.4 Å². The first-order valence-corrected chi connectivity index (χ1v) is 5.45. The maximum Gasteiger partial charge on any atom is 0.213 e. The van der Waals surface area contributed by atoms with Gasteiger partial charge >= 0.3 is 0 Å². The molecule has 6 heteroatoms. The van der Waals surface area contributed by atoms with Crippen LogP contribution in [0.5, 0.6) is 5.75 Å². The molecular weight excluding hydrogens is 214 g/mol. The van der Waals surface area contributed by atoms with Crippen LogP contribution in [-0.4, -0.2) is 13.5 Å². The molecule has 4 nitrogen and oxygen atoms in total. The minimum absolute atomic E-state index is 0.0776. The van der Waals surface area contributed by atoms with Crippen LogP contribution in [-0.2, 0) is 15.8 Å². The minimum Gasteiger partial charge on any atom is -0.508 e. The summed E-state index contributed by atoms with van der Waals surface area (Å²) in [4.78, 5) is 0. The molecule has 0 aliphatic heterocycles. The van der Waals surface area contributed by atoms with Crippen LogP contribution in [0, 0.1) is 0 Å². The zero-order chi connectivity index (χ0) is 10.1. The van der Waals surface area contributed by atoms with Crippen LogP contribution in [0.2, 0.25) is 5.02 Å².